The van der Waals surface area contributed by atoms with E-state index in [9.17, 15) is 0 Å². The summed E-state index contributed by atoms with van der Waals surface area (Å²) in [5, 5.41) is 4.66. The topological polar surface area (TPSA) is 24.9 Å². The fraction of sp³-hybridized carbons (Fsp3) is 0.357. The molecule has 0 atom stereocenters. The molecule has 0 aliphatic heterocycles. The maximum Gasteiger partial charge on any atom is 0.0766 e. The van der Waals surface area contributed by atoms with Crippen molar-refractivity contribution in [1.29, 1.82) is 0 Å². The number of nitrogens with one attached hydrogen (secondary N) is 1. The predicted molar refractivity (Wildman–Crippen MR) is 77.8 cm³/mol. The Hall–Kier alpha value is -1.09. The average Bonchev–Trinajstić information content (AvgIpc) is 2.31. The van der Waals surface area contributed by atoms with Crippen LogP contribution in [0.5, 0.6) is 0 Å². The van der Waals surface area contributed by atoms with Crippen LogP contribution in [0, 0.1) is 20.8 Å². The number of nitrogens with zero attached hydrogens (tertiary/aromatic N) is 1. The van der Waals surface area contributed by atoms with Gasteiger partial charge < -0.3 is 5.32 Å². The number of hydrogen-bond donors (Lipinski definition) is 1. The summed E-state index contributed by atoms with van der Waals surface area (Å²) in [4.78, 5) is 4.71. The van der Waals surface area contributed by atoms with E-state index in [0.717, 1.165) is 22.2 Å². The van der Waals surface area contributed by atoms with Crippen LogP contribution >= 0.6 is 15.9 Å². The van der Waals surface area contributed by atoms with Crippen molar-refractivity contribution in [1.82, 2.24) is 4.98 Å². The monoisotopic (exact) mass is 292 g/mol. The minimum Gasteiger partial charge on any atom is -0.385 e. The molecule has 0 unspecified atom stereocenters. The van der Waals surface area contributed by atoms with Gasteiger partial charge in [-0.1, -0.05) is 15.9 Å². The van der Waals surface area contributed by atoms with Crippen LogP contribution in [0.1, 0.15) is 23.7 Å². The Labute approximate surface area is 111 Å². The number of aromatic nitrogens is 1. The second-order valence-electron chi connectivity index (χ2n) is 4.30. The molecule has 0 saturated heterocycles. The van der Waals surface area contributed by atoms with Crippen LogP contribution < -0.4 is 5.32 Å². The highest BCUT2D eigenvalue weighted by Gasteiger charge is 2.11. The van der Waals surface area contributed by atoms with Crippen LogP contribution in [-0.2, 0) is 0 Å². The summed E-state index contributed by atoms with van der Waals surface area (Å²) in [7, 11) is 0. The number of pyridine rings is 1. The first kappa shape index (κ1) is 12.4. The summed E-state index contributed by atoms with van der Waals surface area (Å²) in [5.41, 5.74) is 5.82. The molecule has 2 rings (SSSR count). The van der Waals surface area contributed by atoms with Gasteiger partial charge in [0.2, 0.25) is 0 Å². The van der Waals surface area contributed by atoms with Gasteiger partial charge in [0.25, 0.3) is 0 Å². The molecule has 0 radical (unpaired) electrons. The lowest BCUT2D eigenvalue weighted by Crippen LogP contribution is -2.03. The van der Waals surface area contributed by atoms with E-state index in [1.54, 1.807) is 0 Å². The van der Waals surface area contributed by atoms with Gasteiger partial charge in [-0.2, -0.15) is 0 Å². The fourth-order valence-corrected chi connectivity index (χ4v) is 2.38. The molecule has 0 bridgehead atoms. The predicted octanol–water partition coefficient (Wildman–Crippen LogP) is 4.35. The molecule has 1 aromatic carbocycles. The summed E-state index contributed by atoms with van der Waals surface area (Å²) in [6, 6.07) is 4.22. The first-order chi connectivity index (χ1) is 8.06. The number of aryl methyl sites for hydroxylation is 2. The maximum atomic E-state index is 4.71. The first-order valence-electron chi connectivity index (χ1n) is 5.86. The van der Waals surface area contributed by atoms with Crippen LogP contribution in [-0.4, -0.2) is 11.5 Å². The third kappa shape index (κ3) is 2.04. The zero-order chi connectivity index (χ0) is 12.6. The van der Waals surface area contributed by atoms with Crippen molar-refractivity contribution in [2.75, 3.05) is 11.9 Å². The second-order valence-corrected chi connectivity index (χ2v) is 5.15. The lowest BCUT2D eigenvalue weighted by atomic mass is 10.0. The van der Waals surface area contributed by atoms with Gasteiger partial charge >= 0.3 is 0 Å². The van der Waals surface area contributed by atoms with Crippen molar-refractivity contribution in [2.24, 2.45) is 0 Å². The molecule has 3 heteroatoms. The Morgan fingerprint density at radius 3 is 2.53 bits per heavy atom. The van der Waals surface area contributed by atoms with Gasteiger partial charge in [0.05, 0.1) is 5.52 Å². The third-order valence-electron chi connectivity index (χ3n) is 3.19. The molecule has 0 aliphatic rings. The zero-order valence-corrected chi connectivity index (χ0v) is 12.3. The summed E-state index contributed by atoms with van der Waals surface area (Å²) >= 11 is 3.56. The van der Waals surface area contributed by atoms with Gasteiger partial charge in [-0.25, -0.2) is 0 Å². The molecule has 1 aromatic heterocycles. The van der Waals surface area contributed by atoms with Crippen LogP contribution in [0.4, 0.5) is 5.69 Å². The summed E-state index contributed by atoms with van der Waals surface area (Å²) in [6.45, 7) is 9.33. The van der Waals surface area contributed by atoms with Crippen LogP contribution in [0.25, 0.3) is 10.9 Å². The highest BCUT2D eigenvalue weighted by atomic mass is 79.9. The fourth-order valence-electron chi connectivity index (χ4n) is 2.06. The smallest absolute Gasteiger partial charge is 0.0766 e. The normalized spacial score (nSPS) is 10.9. The molecule has 0 aliphatic carbocycles. The van der Waals surface area contributed by atoms with Crippen molar-refractivity contribution in [3.63, 3.8) is 0 Å². The Bertz CT molecular complexity index is 576. The molecular formula is C14H17BrN2. The SMILES string of the molecule is CCNc1c(C)c(C)nc2c(C)c(Br)ccc12. The molecule has 90 valence electrons. The minimum atomic E-state index is 0.925. The highest BCUT2D eigenvalue weighted by Crippen LogP contribution is 2.32. The summed E-state index contributed by atoms with van der Waals surface area (Å²) < 4.78 is 1.11. The first-order valence-corrected chi connectivity index (χ1v) is 6.65. The molecule has 0 spiro atoms. The van der Waals surface area contributed by atoms with Gasteiger partial charge in [-0.3, -0.25) is 4.98 Å². The van der Waals surface area contributed by atoms with E-state index in [1.807, 2.05) is 0 Å². The summed E-state index contributed by atoms with van der Waals surface area (Å²) in [6.07, 6.45) is 0. The zero-order valence-electron chi connectivity index (χ0n) is 10.7. The lowest BCUT2D eigenvalue weighted by molar-refractivity contribution is 1.15. The Morgan fingerprint density at radius 2 is 1.88 bits per heavy atom. The van der Waals surface area contributed by atoms with E-state index in [1.165, 1.54) is 22.2 Å². The quantitative estimate of drug-likeness (QED) is 0.890. The van der Waals surface area contributed by atoms with Gasteiger partial charge in [-0.15, -0.1) is 0 Å². The van der Waals surface area contributed by atoms with Gasteiger partial charge in [0.1, 0.15) is 0 Å². The van der Waals surface area contributed by atoms with Crippen molar-refractivity contribution in [3.8, 4) is 0 Å². The molecule has 0 amide bonds. The van der Waals surface area contributed by atoms with Crippen LogP contribution in [0.3, 0.4) is 0 Å². The molecule has 1 heterocycles. The van der Waals surface area contributed by atoms with E-state index in [-0.39, 0.29) is 0 Å². The number of fused-ring (bicyclic) bond motifs is 1. The van der Waals surface area contributed by atoms with Gasteiger partial charge in [-0.05, 0) is 51.0 Å². The Balaban J connectivity index is 2.86. The van der Waals surface area contributed by atoms with Gasteiger partial charge in [0.15, 0.2) is 0 Å². The summed E-state index contributed by atoms with van der Waals surface area (Å²) in [5.74, 6) is 0. The molecular weight excluding hydrogens is 276 g/mol. The number of hydrogen-bond acceptors (Lipinski definition) is 2. The lowest BCUT2D eigenvalue weighted by Gasteiger charge is -2.15. The number of halogens is 1. The second kappa shape index (κ2) is 4.65. The molecule has 0 saturated carbocycles. The Kier molecular flexibility index (Phi) is 3.38. The molecule has 17 heavy (non-hydrogen) atoms. The molecule has 2 nitrogen and oxygen atoms in total. The maximum absolute atomic E-state index is 4.71. The minimum absolute atomic E-state index is 0.925. The van der Waals surface area contributed by atoms with E-state index in [0.29, 0.717) is 0 Å². The van der Waals surface area contributed by atoms with Crippen molar-refractivity contribution in [3.05, 3.63) is 33.4 Å². The molecule has 0 fully saturated rings. The van der Waals surface area contributed by atoms with Crippen molar-refractivity contribution < 1.29 is 0 Å². The van der Waals surface area contributed by atoms with Crippen molar-refractivity contribution in [2.45, 2.75) is 27.7 Å². The largest absolute Gasteiger partial charge is 0.385 e. The Morgan fingerprint density at radius 1 is 1.18 bits per heavy atom. The van der Waals surface area contributed by atoms with Crippen LogP contribution in [0.2, 0.25) is 0 Å². The number of rotatable bonds is 2. The average molecular weight is 293 g/mol. The van der Waals surface area contributed by atoms with E-state index >= 15 is 0 Å². The number of anilines is 1. The van der Waals surface area contributed by atoms with Crippen molar-refractivity contribution >= 4 is 32.5 Å². The van der Waals surface area contributed by atoms with E-state index < -0.39 is 0 Å². The number of benzene rings is 1. The van der Waals surface area contributed by atoms with Crippen LogP contribution in [0.15, 0.2) is 16.6 Å². The van der Waals surface area contributed by atoms with Gasteiger partial charge in [0, 0.05) is 27.8 Å². The van der Waals surface area contributed by atoms with E-state index in [4.69, 9.17) is 4.98 Å². The third-order valence-corrected chi connectivity index (χ3v) is 4.04. The molecule has 1 N–H and O–H groups in total. The van der Waals surface area contributed by atoms with E-state index in [2.05, 4.69) is 61.1 Å². The highest BCUT2D eigenvalue weighted by molar-refractivity contribution is 9.10. The molecule has 2 aromatic rings. The standard InChI is InChI=1S/C14H17BrN2/c1-5-16-13-8(2)10(4)17-14-9(3)12(15)7-6-11(13)14/h6-7H,5H2,1-4H3,(H,16,17).